The van der Waals surface area contributed by atoms with E-state index in [9.17, 15) is 9.59 Å². The first-order valence-corrected chi connectivity index (χ1v) is 9.61. The lowest BCUT2D eigenvalue weighted by Gasteiger charge is -2.32. The number of hydrogen-bond donors (Lipinski definition) is 2. The summed E-state index contributed by atoms with van der Waals surface area (Å²) in [6.45, 7) is 2.08. The van der Waals surface area contributed by atoms with Crippen LogP contribution in [-0.4, -0.2) is 81.2 Å². The predicted molar refractivity (Wildman–Crippen MR) is 125 cm³/mol. The Hall–Kier alpha value is -2.04. The first-order valence-electron chi connectivity index (χ1n) is 9.61. The molecular weight excluding hydrogens is 485 g/mol. The summed E-state index contributed by atoms with van der Waals surface area (Å²) in [7, 11) is 4.84. The van der Waals surface area contributed by atoms with Crippen LogP contribution in [-0.2, 0) is 16.0 Å². The number of hydrogen-bond acceptors (Lipinski definition) is 4. The molecule has 9 heteroatoms. The fourth-order valence-corrected chi connectivity index (χ4v) is 2.94. The summed E-state index contributed by atoms with van der Waals surface area (Å²) in [5, 5.41) is 6.72. The summed E-state index contributed by atoms with van der Waals surface area (Å²) in [5.74, 6) is 0.576. The maximum Gasteiger partial charge on any atom is 0.409 e. The van der Waals surface area contributed by atoms with E-state index in [1.54, 1.807) is 19.0 Å². The summed E-state index contributed by atoms with van der Waals surface area (Å²) in [6.07, 6.45) is 2.18. The molecule has 0 unspecified atom stereocenters. The second-order valence-corrected chi connectivity index (χ2v) is 6.99. The molecule has 8 nitrogen and oxygen atoms in total. The number of piperidine rings is 1. The van der Waals surface area contributed by atoms with Crippen LogP contribution < -0.4 is 10.6 Å². The van der Waals surface area contributed by atoms with Gasteiger partial charge in [0.05, 0.1) is 7.11 Å². The minimum absolute atomic E-state index is 0. The van der Waals surface area contributed by atoms with Gasteiger partial charge in [0.15, 0.2) is 5.96 Å². The van der Waals surface area contributed by atoms with E-state index < -0.39 is 0 Å². The zero-order chi connectivity index (χ0) is 20.4. The highest BCUT2D eigenvalue weighted by atomic mass is 127. The summed E-state index contributed by atoms with van der Waals surface area (Å²) < 4.78 is 4.78. The molecule has 162 valence electrons. The standard InChI is InChI=1S/C20H31N5O3.HI/c1-24(2)18(26)15-22-19(21-12-9-16-7-5-4-6-8-16)23-17-10-13-25(14-11-17)20(27)28-3;/h4-8,17H,9-15H2,1-3H3,(H2,21,22,23);1H. The largest absolute Gasteiger partial charge is 0.453 e. The molecule has 1 heterocycles. The van der Waals surface area contributed by atoms with Gasteiger partial charge in [-0.25, -0.2) is 9.79 Å². The van der Waals surface area contributed by atoms with Crippen molar-refractivity contribution in [3.63, 3.8) is 0 Å². The molecule has 0 aromatic heterocycles. The quantitative estimate of drug-likeness (QED) is 0.341. The Bertz CT molecular complexity index is 661. The number of carbonyl (C=O) groups excluding carboxylic acids is 2. The van der Waals surface area contributed by atoms with E-state index in [0.29, 0.717) is 25.6 Å². The zero-order valence-electron chi connectivity index (χ0n) is 17.4. The van der Waals surface area contributed by atoms with Crippen molar-refractivity contribution in [2.24, 2.45) is 4.99 Å². The predicted octanol–water partition coefficient (Wildman–Crippen LogP) is 1.70. The number of halogens is 1. The molecule has 1 fully saturated rings. The molecule has 2 amide bonds. The number of amides is 2. The van der Waals surface area contributed by atoms with Crippen molar-refractivity contribution in [3.8, 4) is 0 Å². The highest BCUT2D eigenvalue weighted by Crippen LogP contribution is 2.11. The van der Waals surface area contributed by atoms with Gasteiger partial charge in [-0.05, 0) is 24.8 Å². The van der Waals surface area contributed by atoms with E-state index in [4.69, 9.17) is 4.74 Å². The Morgan fingerprint density at radius 3 is 2.45 bits per heavy atom. The number of carbonyl (C=O) groups is 2. The number of guanidine groups is 1. The molecule has 0 aliphatic carbocycles. The van der Waals surface area contributed by atoms with Crippen LogP contribution >= 0.6 is 24.0 Å². The molecule has 29 heavy (non-hydrogen) atoms. The molecule has 1 aliphatic heterocycles. The Kier molecular flexibility index (Phi) is 11.4. The summed E-state index contributed by atoms with van der Waals surface area (Å²) in [5.41, 5.74) is 1.24. The Labute approximate surface area is 190 Å². The highest BCUT2D eigenvalue weighted by molar-refractivity contribution is 14.0. The Morgan fingerprint density at radius 1 is 1.21 bits per heavy atom. The number of methoxy groups -OCH3 is 1. The van der Waals surface area contributed by atoms with Gasteiger partial charge in [0, 0.05) is 39.8 Å². The van der Waals surface area contributed by atoms with Gasteiger partial charge in [-0.15, -0.1) is 24.0 Å². The van der Waals surface area contributed by atoms with Crippen molar-refractivity contribution in [3.05, 3.63) is 35.9 Å². The number of nitrogens with one attached hydrogen (secondary N) is 2. The van der Waals surface area contributed by atoms with Crippen molar-refractivity contribution >= 4 is 41.9 Å². The molecule has 1 aromatic rings. The highest BCUT2D eigenvalue weighted by Gasteiger charge is 2.23. The number of rotatable bonds is 6. The van der Waals surface area contributed by atoms with Gasteiger partial charge in [0.2, 0.25) is 5.91 Å². The fourth-order valence-electron chi connectivity index (χ4n) is 2.94. The van der Waals surface area contributed by atoms with Crippen LogP contribution in [0.15, 0.2) is 35.3 Å². The van der Waals surface area contributed by atoms with Crippen LogP contribution in [0.4, 0.5) is 4.79 Å². The van der Waals surface area contributed by atoms with Crippen molar-refractivity contribution < 1.29 is 14.3 Å². The second-order valence-electron chi connectivity index (χ2n) is 6.99. The monoisotopic (exact) mass is 517 g/mol. The topological polar surface area (TPSA) is 86.3 Å². The third-order valence-corrected chi connectivity index (χ3v) is 4.69. The number of benzene rings is 1. The maximum atomic E-state index is 11.9. The second kappa shape index (κ2) is 13.2. The molecule has 1 aromatic carbocycles. The molecule has 1 aliphatic rings. The average Bonchev–Trinajstić information content (AvgIpc) is 2.72. The fraction of sp³-hybridized carbons (Fsp3) is 0.550. The van der Waals surface area contributed by atoms with Gasteiger partial charge in [-0.3, -0.25) is 4.79 Å². The summed E-state index contributed by atoms with van der Waals surface area (Å²) in [4.78, 5) is 31.2. The SMILES string of the molecule is COC(=O)N1CCC(NC(=NCC(=O)N(C)C)NCCc2ccccc2)CC1.I. The van der Waals surface area contributed by atoms with E-state index in [-0.39, 0.29) is 48.6 Å². The number of likely N-dealkylation sites (N-methyl/N-ethyl adjacent to an activating group) is 1. The summed E-state index contributed by atoms with van der Waals surface area (Å²) >= 11 is 0. The molecule has 0 bridgehead atoms. The van der Waals surface area contributed by atoms with Gasteiger partial charge in [0.25, 0.3) is 0 Å². The van der Waals surface area contributed by atoms with Crippen molar-refractivity contribution in [1.82, 2.24) is 20.4 Å². The lowest BCUT2D eigenvalue weighted by molar-refractivity contribution is -0.127. The third-order valence-electron chi connectivity index (χ3n) is 4.69. The smallest absolute Gasteiger partial charge is 0.409 e. The van der Waals surface area contributed by atoms with E-state index in [1.807, 2.05) is 18.2 Å². The molecule has 0 spiro atoms. The van der Waals surface area contributed by atoms with Gasteiger partial charge < -0.3 is 25.2 Å². The van der Waals surface area contributed by atoms with Gasteiger partial charge >= 0.3 is 6.09 Å². The number of aliphatic imine (C=N–C) groups is 1. The van der Waals surface area contributed by atoms with Crippen molar-refractivity contribution in [1.29, 1.82) is 0 Å². The average molecular weight is 517 g/mol. The lowest BCUT2D eigenvalue weighted by Crippen LogP contribution is -2.50. The van der Waals surface area contributed by atoms with Crippen molar-refractivity contribution in [2.45, 2.75) is 25.3 Å². The lowest BCUT2D eigenvalue weighted by atomic mass is 10.1. The molecule has 0 saturated carbocycles. The molecule has 1 saturated heterocycles. The molecule has 0 atom stereocenters. The van der Waals surface area contributed by atoms with Gasteiger partial charge in [-0.2, -0.15) is 0 Å². The van der Waals surface area contributed by atoms with Gasteiger partial charge in [0.1, 0.15) is 6.54 Å². The molecular formula is C20H32IN5O3. The van der Waals surface area contributed by atoms with Crippen LogP contribution in [0.3, 0.4) is 0 Å². The maximum absolute atomic E-state index is 11.9. The van der Waals surface area contributed by atoms with E-state index in [2.05, 4.69) is 27.8 Å². The van der Waals surface area contributed by atoms with Crippen LogP contribution in [0.25, 0.3) is 0 Å². The van der Waals surface area contributed by atoms with Gasteiger partial charge in [-0.1, -0.05) is 30.3 Å². The third kappa shape index (κ3) is 8.88. The number of ether oxygens (including phenoxy) is 1. The van der Waals surface area contributed by atoms with Crippen LogP contribution in [0, 0.1) is 0 Å². The number of nitrogens with zero attached hydrogens (tertiary/aromatic N) is 3. The summed E-state index contributed by atoms with van der Waals surface area (Å²) in [6, 6.07) is 10.4. The van der Waals surface area contributed by atoms with Crippen LogP contribution in [0.5, 0.6) is 0 Å². The Balaban J connectivity index is 0.00000420. The molecule has 2 N–H and O–H groups in total. The zero-order valence-corrected chi connectivity index (χ0v) is 19.7. The van der Waals surface area contributed by atoms with E-state index in [0.717, 1.165) is 19.3 Å². The van der Waals surface area contributed by atoms with E-state index in [1.165, 1.54) is 17.6 Å². The molecule has 0 radical (unpaired) electrons. The first kappa shape index (κ1) is 25.0. The van der Waals surface area contributed by atoms with Crippen LogP contribution in [0.2, 0.25) is 0 Å². The minimum atomic E-state index is -0.287. The van der Waals surface area contributed by atoms with Crippen molar-refractivity contribution in [2.75, 3.05) is 47.4 Å². The molecule has 2 rings (SSSR count). The van der Waals surface area contributed by atoms with E-state index >= 15 is 0 Å². The Morgan fingerprint density at radius 2 is 1.86 bits per heavy atom. The normalized spacial score (nSPS) is 14.6. The minimum Gasteiger partial charge on any atom is -0.453 e. The number of likely N-dealkylation sites (tertiary alicyclic amines) is 1. The van der Waals surface area contributed by atoms with Crippen LogP contribution in [0.1, 0.15) is 18.4 Å². The first-order chi connectivity index (χ1) is 13.5.